The maximum atomic E-state index is 4.57. The van der Waals surface area contributed by atoms with Gasteiger partial charge in [0, 0.05) is 11.4 Å². The van der Waals surface area contributed by atoms with Gasteiger partial charge in [-0.05, 0) is 35.1 Å². The summed E-state index contributed by atoms with van der Waals surface area (Å²) in [6.45, 7) is 8.68. The first-order valence-electron chi connectivity index (χ1n) is 8.96. The van der Waals surface area contributed by atoms with Crippen molar-refractivity contribution in [3.05, 3.63) is 65.9 Å². The molecule has 5 nitrogen and oxygen atoms in total. The molecule has 5 heteroatoms. The van der Waals surface area contributed by atoms with Gasteiger partial charge in [0.05, 0.1) is 6.20 Å². The Morgan fingerprint density at radius 1 is 0.731 bits per heavy atom. The van der Waals surface area contributed by atoms with Gasteiger partial charge < -0.3 is 10.6 Å². The number of nitrogens with zero attached hydrogens (tertiary/aromatic N) is 3. The number of benzene rings is 2. The molecule has 0 bridgehead atoms. The fraction of sp³-hybridized carbons (Fsp3) is 0.286. The monoisotopic (exact) mass is 347 g/mol. The summed E-state index contributed by atoms with van der Waals surface area (Å²) in [6, 6.07) is 16.4. The average molecular weight is 347 g/mol. The molecule has 2 N–H and O–H groups in total. The Morgan fingerprint density at radius 3 is 1.85 bits per heavy atom. The molecule has 134 valence electrons. The highest BCUT2D eigenvalue weighted by Gasteiger charge is 2.10. The van der Waals surface area contributed by atoms with E-state index in [1.165, 1.54) is 11.1 Å². The molecule has 0 spiro atoms. The first-order valence-corrected chi connectivity index (χ1v) is 8.96. The molecule has 0 saturated carbocycles. The van der Waals surface area contributed by atoms with Crippen LogP contribution >= 0.6 is 0 Å². The highest BCUT2D eigenvalue weighted by Crippen LogP contribution is 2.28. The van der Waals surface area contributed by atoms with E-state index in [0.717, 1.165) is 11.4 Å². The number of para-hydroxylation sites is 2. The summed E-state index contributed by atoms with van der Waals surface area (Å²) in [6.07, 6.45) is 1.64. The van der Waals surface area contributed by atoms with Gasteiger partial charge in [0.1, 0.15) is 0 Å². The van der Waals surface area contributed by atoms with Crippen LogP contribution in [-0.4, -0.2) is 15.2 Å². The number of hydrogen-bond acceptors (Lipinski definition) is 5. The van der Waals surface area contributed by atoms with Gasteiger partial charge >= 0.3 is 0 Å². The standard InChI is InChI=1S/C21H25N5/c1-14(2)16-9-5-7-11-18(16)23-20-13-22-26-21(25-20)24-19-12-8-6-10-17(19)15(3)4/h5-15H,1-4H3,(H2,23,24,25,26). The number of hydrogen-bond donors (Lipinski definition) is 2. The smallest absolute Gasteiger partial charge is 0.249 e. The summed E-state index contributed by atoms with van der Waals surface area (Å²) in [7, 11) is 0. The van der Waals surface area contributed by atoms with E-state index in [1.54, 1.807) is 6.20 Å². The molecular formula is C21H25N5. The van der Waals surface area contributed by atoms with E-state index in [-0.39, 0.29) is 0 Å². The molecule has 26 heavy (non-hydrogen) atoms. The van der Waals surface area contributed by atoms with E-state index in [2.05, 4.69) is 77.8 Å². The summed E-state index contributed by atoms with van der Waals surface area (Å²) in [5.41, 5.74) is 4.51. The summed E-state index contributed by atoms with van der Waals surface area (Å²) >= 11 is 0. The maximum absolute atomic E-state index is 4.57. The molecule has 0 saturated heterocycles. The number of aromatic nitrogens is 3. The lowest BCUT2D eigenvalue weighted by Gasteiger charge is -2.15. The molecule has 0 fully saturated rings. The molecular weight excluding hydrogens is 322 g/mol. The zero-order chi connectivity index (χ0) is 18.5. The minimum Gasteiger partial charge on any atom is -0.339 e. The molecule has 0 aliphatic heterocycles. The van der Waals surface area contributed by atoms with Gasteiger partial charge in [0.15, 0.2) is 5.82 Å². The lowest BCUT2D eigenvalue weighted by atomic mass is 10.0. The Bertz CT molecular complexity index is 805. The second-order valence-corrected chi connectivity index (χ2v) is 6.90. The van der Waals surface area contributed by atoms with Gasteiger partial charge in [-0.25, -0.2) is 0 Å². The van der Waals surface area contributed by atoms with E-state index < -0.39 is 0 Å². The minimum atomic E-state index is 0.408. The Hall–Kier alpha value is -2.95. The highest BCUT2D eigenvalue weighted by atomic mass is 15.3. The predicted molar refractivity (Wildman–Crippen MR) is 107 cm³/mol. The third-order valence-electron chi connectivity index (χ3n) is 4.23. The maximum Gasteiger partial charge on any atom is 0.249 e. The van der Waals surface area contributed by atoms with Crippen molar-refractivity contribution in [2.75, 3.05) is 10.6 Å². The van der Waals surface area contributed by atoms with Gasteiger partial charge in [-0.15, -0.1) is 5.10 Å². The SMILES string of the molecule is CC(C)c1ccccc1Nc1cnnc(Nc2ccccc2C(C)C)n1. The molecule has 0 atom stereocenters. The zero-order valence-electron chi connectivity index (χ0n) is 15.7. The predicted octanol–water partition coefficient (Wildman–Crippen LogP) is 5.61. The summed E-state index contributed by atoms with van der Waals surface area (Å²) < 4.78 is 0. The lowest BCUT2D eigenvalue weighted by Crippen LogP contribution is -2.05. The van der Waals surface area contributed by atoms with Gasteiger partial charge in [-0.3, -0.25) is 0 Å². The van der Waals surface area contributed by atoms with Crippen LogP contribution in [0.1, 0.15) is 50.7 Å². The van der Waals surface area contributed by atoms with Crippen LogP contribution in [-0.2, 0) is 0 Å². The average Bonchev–Trinajstić information content (AvgIpc) is 2.62. The van der Waals surface area contributed by atoms with Crippen molar-refractivity contribution < 1.29 is 0 Å². The summed E-state index contributed by atoms with van der Waals surface area (Å²) in [5, 5.41) is 14.9. The molecule has 0 unspecified atom stereocenters. The first kappa shape index (κ1) is 17.9. The molecule has 0 aliphatic rings. The Morgan fingerprint density at radius 2 is 1.27 bits per heavy atom. The fourth-order valence-electron chi connectivity index (χ4n) is 2.90. The summed E-state index contributed by atoms with van der Waals surface area (Å²) in [4.78, 5) is 4.57. The van der Waals surface area contributed by atoms with Gasteiger partial charge in [-0.2, -0.15) is 10.1 Å². The van der Waals surface area contributed by atoms with Crippen molar-refractivity contribution in [3.8, 4) is 0 Å². The quantitative estimate of drug-likeness (QED) is 0.607. The molecule has 3 rings (SSSR count). The highest BCUT2D eigenvalue weighted by molar-refractivity contribution is 5.63. The van der Waals surface area contributed by atoms with Crippen LogP contribution in [0, 0.1) is 0 Å². The van der Waals surface area contributed by atoms with Crippen LogP contribution < -0.4 is 10.6 Å². The topological polar surface area (TPSA) is 62.7 Å². The molecule has 0 radical (unpaired) electrons. The fourth-order valence-corrected chi connectivity index (χ4v) is 2.90. The Kier molecular flexibility index (Phi) is 5.46. The Labute approximate surface area is 154 Å². The van der Waals surface area contributed by atoms with Crippen molar-refractivity contribution in [2.45, 2.75) is 39.5 Å². The van der Waals surface area contributed by atoms with E-state index in [4.69, 9.17) is 0 Å². The van der Waals surface area contributed by atoms with Crippen molar-refractivity contribution in [2.24, 2.45) is 0 Å². The molecule has 1 aromatic heterocycles. The second kappa shape index (κ2) is 7.95. The second-order valence-electron chi connectivity index (χ2n) is 6.90. The van der Waals surface area contributed by atoms with Crippen LogP contribution in [0.4, 0.5) is 23.1 Å². The van der Waals surface area contributed by atoms with Crippen LogP contribution in [0.3, 0.4) is 0 Å². The third kappa shape index (κ3) is 4.17. The normalized spacial score (nSPS) is 11.0. The molecule has 2 aromatic carbocycles. The van der Waals surface area contributed by atoms with Crippen LogP contribution in [0.2, 0.25) is 0 Å². The van der Waals surface area contributed by atoms with Crippen molar-refractivity contribution >= 4 is 23.1 Å². The zero-order valence-corrected chi connectivity index (χ0v) is 15.7. The van der Waals surface area contributed by atoms with E-state index in [9.17, 15) is 0 Å². The van der Waals surface area contributed by atoms with Crippen LogP contribution in [0.15, 0.2) is 54.7 Å². The number of rotatable bonds is 6. The van der Waals surface area contributed by atoms with Crippen molar-refractivity contribution in [1.82, 2.24) is 15.2 Å². The largest absolute Gasteiger partial charge is 0.339 e. The molecule has 1 heterocycles. The van der Waals surface area contributed by atoms with E-state index in [1.807, 2.05) is 24.3 Å². The van der Waals surface area contributed by atoms with Gasteiger partial charge in [0.2, 0.25) is 5.95 Å². The molecule has 0 amide bonds. The van der Waals surface area contributed by atoms with E-state index >= 15 is 0 Å². The Balaban J connectivity index is 1.84. The third-order valence-corrected chi connectivity index (χ3v) is 4.23. The van der Waals surface area contributed by atoms with Crippen molar-refractivity contribution in [1.29, 1.82) is 0 Å². The first-order chi connectivity index (χ1) is 12.5. The minimum absolute atomic E-state index is 0.408. The summed E-state index contributed by atoms with van der Waals surface area (Å²) in [5.74, 6) is 1.97. The lowest BCUT2D eigenvalue weighted by molar-refractivity contribution is 0.866. The molecule has 3 aromatic rings. The van der Waals surface area contributed by atoms with E-state index in [0.29, 0.717) is 23.6 Å². The van der Waals surface area contributed by atoms with Crippen molar-refractivity contribution in [3.63, 3.8) is 0 Å². The van der Waals surface area contributed by atoms with Crippen LogP contribution in [0.25, 0.3) is 0 Å². The number of anilines is 4. The van der Waals surface area contributed by atoms with Gasteiger partial charge in [0.25, 0.3) is 0 Å². The van der Waals surface area contributed by atoms with Gasteiger partial charge in [-0.1, -0.05) is 64.1 Å². The molecule has 0 aliphatic carbocycles. The van der Waals surface area contributed by atoms with Crippen LogP contribution in [0.5, 0.6) is 0 Å². The number of nitrogens with one attached hydrogen (secondary N) is 2.